The zero-order chi connectivity index (χ0) is 19.6. The molecule has 0 atom stereocenters. The predicted molar refractivity (Wildman–Crippen MR) is 106 cm³/mol. The summed E-state index contributed by atoms with van der Waals surface area (Å²) in [6.07, 6.45) is 2.22. The molecule has 27 heavy (non-hydrogen) atoms. The molecule has 1 heterocycles. The van der Waals surface area contributed by atoms with Gasteiger partial charge in [-0.25, -0.2) is 8.42 Å². The molecule has 0 aromatic heterocycles. The van der Waals surface area contributed by atoms with Crippen molar-refractivity contribution in [3.05, 3.63) is 29.8 Å². The molecule has 150 valence electrons. The number of rotatable bonds is 7. The molecular weight excluding hydrogens is 362 g/mol. The van der Waals surface area contributed by atoms with Crippen LogP contribution in [0, 0.1) is 12.8 Å². The average Bonchev–Trinajstić information content (AvgIpc) is 3.45. The van der Waals surface area contributed by atoms with Gasteiger partial charge in [-0.05, 0) is 37.8 Å². The molecular formula is C20H31N3O3S. The Balaban J connectivity index is 1.55. The number of benzene rings is 1. The van der Waals surface area contributed by atoms with Crippen LogP contribution in [0.25, 0.3) is 0 Å². The molecule has 1 aliphatic heterocycles. The van der Waals surface area contributed by atoms with Crippen molar-refractivity contribution in [2.45, 2.75) is 44.6 Å². The van der Waals surface area contributed by atoms with E-state index in [0.717, 1.165) is 24.9 Å². The van der Waals surface area contributed by atoms with Crippen molar-refractivity contribution in [1.82, 2.24) is 14.1 Å². The fraction of sp³-hybridized carbons (Fsp3) is 0.650. The van der Waals surface area contributed by atoms with Crippen LogP contribution in [0.5, 0.6) is 0 Å². The van der Waals surface area contributed by atoms with Gasteiger partial charge in [0.05, 0.1) is 11.4 Å². The Bertz CT molecular complexity index is 749. The fourth-order valence-corrected chi connectivity index (χ4v) is 4.93. The van der Waals surface area contributed by atoms with E-state index in [4.69, 9.17) is 0 Å². The molecule has 0 N–H and O–H groups in total. The van der Waals surface area contributed by atoms with Gasteiger partial charge in [-0.2, -0.15) is 4.31 Å². The van der Waals surface area contributed by atoms with Gasteiger partial charge >= 0.3 is 0 Å². The Labute approximate surface area is 163 Å². The highest BCUT2D eigenvalue weighted by molar-refractivity contribution is 7.89. The highest BCUT2D eigenvalue weighted by Gasteiger charge is 2.34. The van der Waals surface area contributed by atoms with Gasteiger partial charge in [0.1, 0.15) is 0 Å². The van der Waals surface area contributed by atoms with Crippen molar-refractivity contribution >= 4 is 15.9 Å². The van der Waals surface area contributed by atoms with Gasteiger partial charge in [0.2, 0.25) is 15.9 Å². The first-order valence-electron chi connectivity index (χ1n) is 9.86. The summed E-state index contributed by atoms with van der Waals surface area (Å²) in [4.78, 5) is 17.2. The van der Waals surface area contributed by atoms with Crippen molar-refractivity contribution in [3.8, 4) is 0 Å². The van der Waals surface area contributed by atoms with Crippen LogP contribution < -0.4 is 0 Å². The zero-order valence-corrected chi connectivity index (χ0v) is 17.4. The van der Waals surface area contributed by atoms with Crippen molar-refractivity contribution in [3.63, 3.8) is 0 Å². The maximum atomic E-state index is 12.8. The van der Waals surface area contributed by atoms with Gasteiger partial charge < -0.3 is 4.90 Å². The molecule has 2 fully saturated rings. The number of nitrogens with zero attached hydrogens (tertiary/aromatic N) is 3. The normalized spacial score (nSPS) is 19.4. The maximum Gasteiger partial charge on any atom is 0.243 e. The highest BCUT2D eigenvalue weighted by Crippen LogP contribution is 2.28. The number of piperazine rings is 1. The van der Waals surface area contributed by atoms with Crippen LogP contribution in [-0.2, 0) is 14.8 Å². The van der Waals surface area contributed by atoms with Crippen molar-refractivity contribution in [2.75, 3.05) is 39.3 Å². The Morgan fingerprint density at radius 1 is 1.11 bits per heavy atom. The SMILES string of the molecule is Cc1ccc(S(=O)(=O)N2CCN(CC(=O)N(CC(C)C)C3CC3)CC2)cc1. The number of amides is 1. The number of carbonyl (C=O) groups excluding carboxylic acids is 1. The molecule has 0 bridgehead atoms. The van der Waals surface area contributed by atoms with Gasteiger partial charge in [0.15, 0.2) is 0 Å². The predicted octanol–water partition coefficient (Wildman–Crippen LogP) is 1.95. The van der Waals surface area contributed by atoms with Crippen LogP contribution in [-0.4, -0.2) is 73.7 Å². The summed E-state index contributed by atoms with van der Waals surface area (Å²) in [6, 6.07) is 7.40. The van der Waals surface area contributed by atoms with E-state index in [1.54, 1.807) is 12.1 Å². The lowest BCUT2D eigenvalue weighted by Gasteiger charge is -2.35. The number of aryl methyl sites for hydroxylation is 1. The average molecular weight is 394 g/mol. The van der Waals surface area contributed by atoms with Crippen LogP contribution in [0.4, 0.5) is 0 Å². The Kier molecular flexibility index (Phi) is 6.23. The molecule has 0 unspecified atom stereocenters. The van der Waals surface area contributed by atoms with E-state index in [1.807, 2.05) is 24.0 Å². The Hall–Kier alpha value is -1.44. The third-order valence-corrected chi connectivity index (χ3v) is 7.13. The Morgan fingerprint density at radius 2 is 1.70 bits per heavy atom. The summed E-state index contributed by atoms with van der Waals surface area (Å²) in [7, 11) is -3.46. The van der Waals surface area contributed by atoms with Gasteiger partial charge in [-0.1, -0.05) is 31.5 Å². The molecule has 0 radical (unpaired) electrons. The van der Waals surface area contributed by atoms with E-state index in [1.165, 1.54) is 4.31 Å². The second-order valence-corrected chi connectivity index (χ2v) is 10.1. The van der Waals surface area contributed by atoms with Gasteiger partial charge in [-0.3, -0.25) is 9.69 Å². The number of hydrogen-bond donors (Lipinski definition) is 0. The molecule has 6 nitrogen and oxygen atoms in total. The first-order chi connectivity index (χ1) is 12.8. The second-order valence-electron chi connectivity index (χ2n) is 8.16. The van der Waals surface area contributed by atoms with Gasteiger partial charge in [0.25, 0.3) is 0 Å². The standard InChI is InChI=1S/C20H31N3O3S/c1-16(2)14-23(18-6-7-18)20(24)15-21-10-12-22(13-11-21)27(25,26)19-8-4-17(3)5-9-19/h4-5,8-9,16,18H,6-7,10-15H2,1-3H3. The largest absolute Gasteiger partial charge is 0.338 e. The van der Waals surface area contributed by atoms with Gasteiger partial charge in [-0.15, -0.1) is 0 Å². The minimum atomic E-state index is -3.46. The lowest BCUT2D eigenvalue weighted by molar-refractivity contribution is -0.133. The zero-order valence-electron chi connectivity index (χ0n) is 16.6. The van der Waals surface area contributed by atoms with Crippen LogP contribution in [0.1, 0.15) is 32.3 Å². The van der Waals surface area contributed by atoms with E-state index in [0.29, 0.717) is 49.6 Å². The summed E-state index contributed by atoms with van der Waals surface area (Å²) in [5.41, 5.74) is 1.04. The van der Waals surface area contributed by atoms with Crippen LogP contribution in [0.2, 0.25) is 0 Å². The molecule has 7 heteroatoms. The van der Waals surface area contributed by atoms with Crippen LogP contribution in [0.15, 0.2) is 29.2 Å². The van der Waals surface area contributed by atoms with Crippen molar-refractivity contribution in [1.29, 1.82) is 0 Å². The number of sulfonamides is 1. The summed E-state index contributed by atoms with van der Waals surface area (Å²) in [6.45, 7) is 9.46. The van der Waals surface area contributed by atoms with E-state index in [9.17, 15) is 13.2 Å². The monoisotopic (exact) mass is 393 g/mol. The quantitative estimate of drug-likeness (QED) is 0.710. The number of carbonyl (C=O) groups is 1. The molecule has 1 saturated carbocycles. The lowest BCUT2D eigenvalue weighted by Crippen LogP contribution is -2.52. The maximum absolute atomic E-state index is 12.8. The van der Waals surface area contributed by atoms with Gasteiger partial charge in [0, 0.05) is 38.8 Å². The minimum absolute atomic E-state index is 0.182. The van der Waals surface area contributed by atoms with E-state index in [2.05, 4.69) is 18.7 Å². The first kappa shape index (κ1) is 20.3. The van der Waals surface area contributed by atoms with Crippen LogP contribution in [0.3, 0.4) is 0 Å². The molecule has 1 amide bonds. The molecule has 0 spiro atoms. The van der Waals surface area contributed by atoms with E-state index >= 15 is 0 Å². The summed E-state index contributed by atoms with van der Waals surface area (Å²) < 4.78 is 27.1. The molecule has 1 aromatic carbocycles. The molecule has 1 saturated heterocycles. The smallest absolute Gasteiger partial charge is 0.243 e. The molecule has 1 aromatic rings. The molecule has 1 aliphatic carbocycles. The molecule has 3 rings (SSSR count). The summed E-state index contributed by atoms with van der Waals surface area (Å²) in [5, 5.41) is 0. The second kappa shape index (κ2) is 8.29. The first-order valence-corrected chi connectivity index (χ1v) is 11.3. The highest BCUT2D eigenvalue weighted by atomic mass is 32.2. The van der Waals surface area contributed by atoms with Crippen molar-refractivity contribution < 1.29 is 13.2 Å². The fourth-order valence-electron chi connectivity index (χ4n) is 3.50. The van der Waals surface area contributed by atoms with E-state index < -0.39 is 10.0 Å². The third kappa shape index (κ3) is 5.09. The summed E-state index contributed by atoms with van der Waals surface area (Å²) >= 11 is 0. The lowest BCUT2D eigenvalue weighted by atomic mass is 10.2. The third-order valence-electron chi connectivity index (χ3n) is 5.22. The van der Waals surface area contributed by atoms with Crippen LogP contribution >= 0.6 is 0 Å². The minimum Gasteiger partial charge on any atom is -0.338 e. The topological polar surface area (TPSA) is 60.9 Å². The van der Waals surface area contributed by atoms with E-state index in [-0.39, 0.29) is 5.91 Å². The summed E-state index contributed by atoms with van der Waals surface area (Å²) in [5.74, 6) is 0.645. The Morgan fingerprint density at radius 3 is 2.22 bits per heavy atom. The molecule has 2 aliphatic rings. The van der Waals surface area contributed by atoms with Crippen molar-refractivity contribution in [2.24, 2.45) is 5.92 Å². The number of hydrogen-bond acceptors (Lipinski definition) is 4.